The normalized spacial score (nSPS) is 10.7. The number of hydrogen-bond donors (Lipinski definition) is 2. The van der Waals surface area contributed by atoms with Crippen LogP contribution in [0.2, 0.25) is 0 Å². The lowest BCUT2D eigenvalue weighted by atomic mass is 10.1. The predicted molar refractivity (Wildman–Crippen MR) is 96.4 cm³/mol. The van der Waals surface area contributed by atoms with Crippen molar-refractivity contribution in [3.63, 3.8) is 0 Å². The summed E-state index contributed by atoms with van der Waals surface area (Å²) in [5.74, 6) is 0.825. The van der Waals surface area contributed by atoms with E-state index in [1.165, 1.54) is 37.0 Å². The van der Waals surface area contributed by atoms with E-state index in [0.717, 1.165) is 34.1 Å². The largest absolute Gasteiger partial charge is 0.497 e. The Morgan fingerprint density at radius 2 is 2.09 bits per heavy atom. The van der Waals surface area contributed by atoms with Crippen molar-refractivity contribution in [3.8, 4) is 5.75 Å². The van der Waals surface area contributed by atoms with E-state index in [1.54, 1.807) is 7.11 Å². The smallest absolute Gasteiger partial charge is 0.239 e. The van der Waals surface area contributed by atoms with E-state index in [9.17, 15) is 4.79 Å². The average Bonchev–Trinajstić information content (AvgIpc) is 2.98. The number of fused-ring (bicyclic) bond motifs is 1. The lowest BCUT2D eigenvalue weighted by Gasteiger charge is -2.05. The number of methoxy groups -OCH3 is 1. The van der Waals surface area contributed by atoms with Gasteiger partial charge in [0.25, 0.3) is 0 Å². The molecule has 0 aliphatic carbocycles. The van der Waals surface area contributed by atoms with E-state index in [1.807, 2.05) is 18.2 Å². The van der Waals surface area contributed by atoms with Crippen LogP contribution in [0.4, 0.5) is 5.13 Å². The van der Waals surface area contributed by atoms with Gasteiger partial charge in [0.05, 0.1) is 23.9 Å². The van der Waals surface area contributed by atoms with Gasteiger partial charge in [-0.15, -0.1) is 0 Å². The van der Waals surface area contributed by atoms with Crippen LogP contribution in [-0.2, 0) is 4.79 Å². The van der Waals surface area contributed by atoms with Gasteiger partial charge in [-0.2, -0.15) is 0 Å². The van der Waals surface area contributed by atoms with Crippen molar-refractivity contribution in [1.82, 2.24) is 10.3 Å². The maximum atomic E-state index is 11.8. The maximum absolute atomic E-state index is 11.8. The quantitative estimate of drug-likeness (QED) is 0.648. The summed E-state index contributed by atoms with van der Waals surface area (Å²) in [7, 11) is 1.65. The number of ether oxygens (including phenoxy) is 1. The van der Waals surface area contributed by atoms with Crippen molar-refractivity contribution >= 4 is 32.6 Å². The summed E-state index contributed by atoms with van der Waals surface area (Å²) >= 11 is 1.52. The Hall–Kier alpha value is -1.82. The molecule has 0 atom stereocenters. The number of anilines is 1. The number of amides is 1. The van der Waals surface area contributed by atoms with Crippen molar-refractivity contribution in [3.05, 3.63) is 18.2 Å². The summed E-state index contributed by atoms with van der Waals surface area (Å²) in [5.41, 5.74) is 0.912. The molecule has 5 nitrogen and oxygen atoms in total. The highest BCUT2D eigenvalue weighted by molar-refractivity contribution is 7.22. The molecule has 1 heterocycles. The van der Waals surface area contributed by atoms with Crippen molar-refractivity contribution in [2.75, 3.05) is 25.5 Å². The van der Waals surface area contributed by atoms with Gasteiger partial charge >= 0.3 is 0 Å². The van der Waals surface area contributed by atoms with E-state index in [0.29, 0.717) is 0 Å². The SMILES string of the molecule is CCCCCCCNC(=O)CNc1nc2ccc(OC)cc2s1. The van der Waals surface area contributed by atoms with Crippen LogP contribution in [0.3, 0.4) is 0 Å². The molecule has 0 aliphatic rings. The summed E-state index contributed by atoms with van der Waals surface area (Å²) < 4.78 is 6.25. The number of thiazole rings is 1. The summed E-state index contributed by atoms with van der Waals surface area (Å²) in [6, 6.07) is 5.76. The Morgan fingerprint density at radius 1 is 1.26 bits per heavy atom. The van der Waals surface area contributed by atoms with Crippen molar-refractivity contribution in [1.29, 1.82) is 0 Å². The van der Waals surface area contributed by atoms with Crippen molar-refractivity contribution in [2.24, 2.45) is 0 Å². The zero-order valence-corrected chi connectivity index (χ0v) is 14.7. The molecule has 1 aromatic carbocycles. The first-order valence-electron chi connectivity index (χ1n) is 8.18. The lowest BCUT2D eigenvalue weighted by Crippen LogP contribution is -2.30. The third-order valence-electron chi connectivity index (χ3n) is 3.60. The van der Waals surface area contributed by atoms with Crippen LogP contribution in [0.15, 0.2) is 18.2 Å². The van der Waals surface area contributed by atoms with Gasteiger partial charge in [0.15, 0.2) is 5.13 Å². The van der Waals surface area contributed by atoms with E-state index < -0.39 is 0 Å². The summed E-state index contributed by atoms with van der Waals surface area (Å²) in [5, 5.41) is 6.78. The van der Waals surface area contributed by atoms with Crippen LogP contribution in [-0.4, -0.2) is 31.1 Å². The van der Waals surface area contributed by atoms with Gasteiger partial charge in [-0.05, 0) is 24.6 Å². The fourth-order valence-corrected chi connectivity index (χ4v) is 3.17. The van der Waals surface area contributed by atoms with Crippen LogP contribution in [0.5, 0.6) is 5.75 Å². The Labute approximate surface area is 141 Å². The summed E-state index contributed by atoms with van der Waals surface area (Å²) in [6.45, 7) is 3.21. The molecular formula is C17H25N3O2S. The van der Waals surface area contributed by atoms with Gasteiger partial charge < -0.3 is 15.4 Å². The van der Waals surface area contributed by atoms with E-state index >= 15 is 0 Å². The first-order chi connectivity index (χ1) is 11.2. The number of nitrogens with one attached hydrogen (secondary N) is 2. The number of carbonyl (C=O) groups is 1. The second-order valence-electron chi connectivity index (χ2n) is 5.47. The Kier molecular flexibility index (Phi) is 7.13. The molecule has 0 aliphatic heterocycles. The molecule has 0 radical (unpaired) electrons. The number of carbonyl (C=O) groups excluding carboxylic acids is 1. The zero-order chi connectivity index (χ0) is 16.5. The maximum Gasteiger partial charge on any atom is 0.239 e. The van der Waals surface area contributed by atoms with E-state index in [4.69, 9.17) is 4.74 Å². The molecule has 0 spiro atoms. The molecule has 0 fully saturated rings. The molecule has 0 bridgehead atoms. The van der Waals surface area contributed by atoms with Crippen molar-refractivity contribution < 1.29 is 9.53 Å². The van der Waals surface area contributed by atoms with Crippen LogP contribution >= 0.6 is 11.3 Å². The van der Waals surface area contributed by atoms with E-state index in [2.05, 4.69) is 22.5 Å². The fraction of sp³-hybridized carbons (Fsp3) is 0.529. The first-order valence-corrected chi connectivity index (χ1v) is 8.99. The molecule has 0 saturated carbocycles. The minimum atomic E-state index is 0.0114. The Bertz CT molecular complexity index is 627. The minimum absolute atomic E-state index is 0.0114. The van der Waals surface area contributed by atoms with E-state index in [-0.39, 0.29) is 12.5 Å². The van der Waals surface area contributed by atoms with Gasteiger partial charge in [0.1, 0.15) is 5.75 Å². The van der Waals surface area contributed by atoms with Gasteiger partial charge in [-0.3, -0.25) is 4.79 Å². The molecule has 1 aromatic heterocycles. The highest BCUT2D eigenvalue weighted by atomic mass is 32.1. The van der Waals surface area contributed by atoms with Gasteiger partial charge in [0, 0.05) is 6.54 Å². The second kappa shape index (κ2) is 9.35. The van der Waals surface area contributed by atoms with Crippen molar-refractivity contribution in [2.45, 2.75) is 39.0 Å². The van der Waals surface area contributed by atoms with Crippen LogP contribution in [0.1, 0.15) is 39.0 Å². The van der Waals surface area contributed by atoms with Crippen LogP contribution in [0.25, 0.3) is 10.2 Å². The minimum Gasteiger partial charge on any atom is -0.497 e. The molecule has 0 unspecified atom stereocenters. The highest BCUT2D eigenvalue weighted by Crippen LogP contribution is 2.28. The average molecular weight is 335 g/mol. The molecular weight excluding hydrogens is 310 g/mol. The first kappa shape index (κ1) is 17.5. The second-order valence-corrected chi connectivity index (χ2v) is 6.50. The number of hydrogen-bond acceptors (Lipinski definition) is 5. The summed E-state index contributed by atoms with van der Waals surface area (Å²) in [6.07, 6.45) is 6.00. The summed E-state index contributed by atoms with van der Waals surface area (Å²) in [4.78, 5) is 16.3. The Morgan fingerprint density at radius 3 is 2.87 bits per heavy atom. The monoisotopic (exact) mass is 335 g/mol. The third-order valence-corrected chi connectivity index (χ3v) is 4.57. The molecule has 23 heavy (non-hydrogen) atoms. The number of benzene rings is 1. The third kappa shape index (κ3) is 5.71. The fourth-order valence-electron chi connectivity index (χ4n) is 2.28. The highest BCUT2D eigenvalue weighted by Gasteiger charge is 2.06. The van der Waals surface area contributed by atoms with Crippen LogP contribution in [0, 0.1) is 0 Å². The number of nitrogens with zero attached hydrogens (tertiary/aromatic N) is 1. The Balaban J connectivity index is 1.71. The molecule has 2 aromatic rings. The topological polar surface area (TPSA) is 63.2 Å². The standard InChI is InChI=1S/C17H25N3O2S/c1-3-4-5-6-7-10-18-16(21)12-19-17-20-14-9-8-13(22-2)11-15(14)23-17/h8-9,11H,3-7,10,12H2,1-2H3,(H,18,21)(H,19,20). The predicted octanol–water partition coefficient (Wildman–Crippen LogP) is 3.80. The molecule has 2 rings (SSSR count). The molecule has 2 N–H and O–H groups in total. The molecule has 0 saturated heterocycles. The lowest BCUT2D eigenvalue weighted by molar-refractivity contribution is -0.119. The molecule has 6 heteroatoms. The molecule has 1 amide bonds. The molecule has 126 valence electrons. The number of rotatable bonds is 10. The van der Waals surface area contributed by atoms with Gasteiger partial charge in [-0.25, -0.2) is 4.98 Å². The zero-order valence-electron chi connectivity index (χ0n) is 13.9. The number of unbranched alkanes of at least 4 members (excludes halogenated alkanes) is 4. The van der Waals surface area contributed by atoms with Gasteiger partial charge in [-0.1, -0.05) is 43.9 Å². The number of aromatic nitrogens is 1. The van der Waals surface area contributed by atoms with Gasteiger partial charge in [0.2, 0.25) is 5.91 Å². The van der Waals surface area contributed by atoms with Crippen LogP contribution < -0.4 is 15.4 Å².